The number of hydrogen-bond acceptors (Lipinski definition) is 4. The van der Waals surface area contributed by atoms with Crippen molar-refractivity contribution in [3.8, 4) is 16.2 Å². The van der Waals surface area contributed by atoms with E-state index < -0.39 is 5.97 Å². The van der Waals surface area contributed by atoms with Gasteiger partial charge < -0.3 is 10.2 Å². The van der Waals surface area contributed by atoms with Crippen molar-refractivity contribution in [2.75, 3.05) is 0 Å². The number of carboxylic acid groups (broad SMARTS) is 1. The highest BCUT2D eigenvalue weighted by Crippen LogP contribution is 2.31. The molecule has 0 radical (unpaired) electrons. The van der Waals surface area contributed by atoms with Crippen molar-refractivity contribution in [2.45, 2.75) is 6.92 Å². The van der Waals surface area contributed by atoms with E-state index in [9.17, 15) is 4.79 Å². The Morgan fingerprint density at radius 1 is 1.31 bits per heavy atom. The lowest BCUT2D eigenvalue weighted by molar-refractivity contribution is 0.0692. The van der Waals surface area contributed by atoms with Crippen molar-refractivity contribution >= 4 is 17.3 Å². The Morgan fingerprint density at radius 3 is 2.50 bits per heavy atom. The Bertz CT molecular complexity index is 531. The number of benzene rings is 1. The molecule has 82 valence electrons. The van der Waals surface area contributed by atoms with E-state index in [1.54, 1.807) is 19.1 Å². The number of phenols is 1. The number of rotatable bonds is 2. The number of thiazole rings is 1. The number of aromatic carboxylic acids is 1. The largest absolute Gasteiger partial charge is 0.508 e. The standard InChI is InChI=1S/C11H9NO3S/c1-6-12-9(11(14)15)10(16-6)7-2-4-8(13)5-3-7/h2-5,13H,1H3,(H,14,15). The maximum atomic E-state index is 11.0. The molecule has 0 bridgehead atoms. The Labute approximate surface area is 95.8 Å². The van der Waals surface area contributed by atoms with Gasteiger partial charge in [0.05, 0.1) is 9.88 Å². The highest BCUT2D eigenvalue weighted by atomic mass is 32.1. The Balaban J connectivity index is 2.55. The Hall–Kier alpha value is -1.88. The summed E-state index contributed by atoms with van der Waals surface area (Å²) in [4.78, 5) is 15.6. The first kappa shape index (κ1) is 10.6. The van der Waals surface area contributed by atoms with Gasteiger partial charge in [-0.1, -0.05) is 0 Å². The van der Waals surface area contributed by atoms with Crippen LogP contribution in [0.15, 0.2) is 24.3 Å². The lowest BCUT2D eigenvalue weighted by Gasteiger charge is -1.98. The van der Waals surface area contributed by atoms with Gasteiger partial charge >= 0.3 is 5.97 Å². The number of aromatic hydroxyl groups is 1. The smallest absolute Gasteiger partial charge is 0.356 e. The lowest BCUT2D eigenvalue weighted by atomic mass is 10.1. The van der Waals surface area contributed by atoms with Crippen molar-refractivity contribution in [3.63, 3.8) is 0 Å². The Kier molecular flexibility index (Phi) is 2.62. The van der Waals surface area contributed by atoms with Gasteiger partial charge in [0.1, 0.15) is 5.75 Å². The van der Waals surface area contributed by atoms with Gasteiger partial charge in [-0.05, 0) is 36.8 Å². The molecule has 0 atom stereocenters. The van der Waals surface area contributed by atoms with E-state index in [-0.39, 0.29) is 11.4 Å². The highest BCUT2D eigenvalue weighted by molar-refractivity contribution is 7.15. The number of aromatic nitrogens is 1. The van der Waals surface area contributed by atoms with Gasteiger partial charge in [-0.15, -0.1) is 11.3 Å². The summed E-state index contributed by atoms with van der Waals surface area (Å²) in [6, 6.07) is 6.40. The van der Waals surface area contributed by atoms with Crippen LogP contribution >= 0.6 is 11.3 Å². The van der Waals surface area contributed by atoms with Gasteiger partial charge in [0.2, 0.25) is 0 Å². The fourth-order valence-corrected chi connectivity index (χ4v) is 2.30. The SMILES string of the molecule is Cc1nc(C(=O)O)c(-c2ccc(O)cc2)s1. The minimum atomic E-state index is -1.03. The average molecular weight is 235 g/mol. The molecule has 2 rings (SSSR count). The summed E-state index contributed by atoms with van der Waals surface area (Å²) in [5.41, 5.74) is 0.814. The second kappa shape index (κ2) is 3.94. The molecule has 0 saturated carbocycles. The molecule has 16 heavy (non-hydrogen) atoms. The van der Waals surface area contributed by atoms with Crippen molar-refractivity contribution in [3.05, 3.63) is 35.0 Å². The number of nitrogens with zero attached hydrogens (tertiary/aromatic N) is 1. The van der Waals surface area contributed by atoms with E-state index in [1.807, 2.05) is 0 Å². The van der Waals surface area contributed by atoms with Crippen LogP contribution in [0.3, 0.4) is 0 Å². The van der Waals surface area contributed by atoms with Crippen molar-refractivity contribution in [1.29, 1.82) is 0 Å². The average Bonchev–Trinajstić information content (AvgIpc) is 2.61. The number of carboxylic acids is 1. The second-order valence-electron chi connectivity index (χ2n) is 3.26. The number of aryl methyl sites for hydroxylation is 1. The monoisotopic (exact) mass is 235 g/mol. The number of carbonyl (C=O) groups is 1. The third kappa shape index (κ3) is 1.90. The summed E-state index contributed by atoms with van der Waals surface area (Å²) in [5, 5.41) is 18.9. The van der Waals surface area contributed by atoms with E-state index in [4.69, 9.17) is 10.2 Å². The van der Waals surface area contributed by atoms with E-state index in [0.717, 1.165) is 5.56 Å². The maximum absolute atomic E-state index is 11.0. The second-order valence-corrected chi connectivity index (χ2v) is 4.47. The molecule has 0 saturated heterocycles. The zero-order valence-corrected chi connectivity index (χ0v) is 9.28. The Morgan fingerprint density at radius 2 is 1.94 bits per heavy atom. The highest BCUT2D eigenvalue weighted by Gasteiger charge is 2.16. The molecule has 1 heterocycles. The van der Waals surface area contributed by atoms with Crippen molar-refractivity contribution < 1.29 is 15.0 Å². The number of hydrogen-bond donors (Lipinski definition) is 2. The van der Waals surface area contributed by atoms with Crippen LogP contribution in [0.25, 0.3) is 10.4 Å². The molecular weight excluding hydrogens is 226 g/mol. The normalized spacial score (nSPS) is 10.3. The first-order chi connectivity index (χ1) is 7.58. The van der Waals surface area contributed by atoms with Crippen LogP contribution in [0.2, 0.25) is 0 Å². The van der Waals surface area contributed by atoms with Crippen molar-refractivity contribution in [2.24, 2.45) is 0 Å². The summed E-state index contributed by atoms with van der Waals surface area (Å²) >= 11 is 1.33. The predicted octanol–water partition coefficient (Wildman–Crippen LogP) is 2.52. The minimum Gasteiger partial charge on any atom is -0.508 e. The van der Waals surface area contributed by atoms with Crippen molar-refractivity contribution in [1.82, 2.24) is 4.98 Å². The fourth-order valence-electron chi connectivity index (χ4n) is 1.38. The molecule has 2 N–H and O–H groups in total. The van der Waals surface area contributed by atoms with Gasteiger partial charge in [0.25, 0.3) is 0 Å². The molecule has 0 unspecified atom stereocenters. The number of phenolic OH excluding ortho intramolecular Hbond substituents is 1. The third-order valence-electron chi connectivity index (χ3n) is 2.07. The lowest BCUT2D eigenvalue weighted by Crippen LogP contribution is -1.98. The van der Waals surface area contributed by atoms with Gasteiger partial charge in [-0.2, -0.15) is 0 Å². The third-order valence-corrected chi connectivity index (χ3v) is 3.09. The van der Waals surface area contributed by atoms with E-state index in [2.05, 4.69) is 4.98 Å². The van der Waals surface area contributed by atoms with Crippen LogP contribution in [-0.2, 0) is 0 Å². The van der Waals surface area contributed by atoms with Gasteiger partial charge in [-0.25, -0.2) is 9.78 Å². The van der Waals surface area contributed by atoms with E-state index >= 15 is 0 Å². The summed E-state index contributed by atoms with van der Waals surface area (Å²) in [6.07, 6.45) is 0. The van der Waals surface area contributed by atoms with Crippen LogP contribution in [0.5, 0.6) is 5.75 Å². The maximum Gasteiger partial charge on any atom is 0.356 e. The van der Waals surface area contributed by atoms with Crippen LogP contribution in [0, 0.1) is 6.92 Å². The quantitative estimate of drug-likeness (QED) is 0.839. The molecule has 4 nitrogen and oxygen atoms in total. The van der Waals surface area contributed by atoms with Gasteiger partial charge in [-0.3, -0.25) is 0 Å². The van der Waals surface area contributed by atoms with Crippen LogP contribution in [0.4, 0.5) is 0 Å². The van der Waals surface area contributed by atoms with E-state index in [0.29, 0.717) is 9.88 Å². The zero-order chi connectivity index (χ0) is 11.7. The predicted molar refractivity (Wildman–Crippen MR) is 60.9 cm³/mol. The van der Waals surface area contributed by atoms with Gasteiger partial charge in [0.15, 0.2) is 5.69 Å². The summed E-state index contributed by atoms with van der Waals surface area (Å²) in [7, 11) is 0. The molecular formula is C11H9NO3S. The first-order valence-corrected chi connectivity index (χ1v) is 5.39. The summed E-state index contributed by atoms with van der Waals surface area (Å²) < 4.78 is 0. The molecule has 0 aliphatic carbocycles. The molecule has 0 amide bonds. The molecule has 0 spiro atoms. The minimum absolute atomic E-state index is 0.0631. The topological polar surface area (TPSA) is 70.4 Å². The summed E-state index contributed by atoms with van der Waals surface area (Å²) in [5.74, 6) is -0.880. The summed E-state index contributed by atoms with van der Waals surface area (Å²) in [6.45, 7) is 1.76. The molecule has 1 aromatic heterocycles. The molecule has 0 aliphatic rings. The van der Waals surface area contributed by atoms with Gasteiger partial charge in [0, 0.05) is 0 Å². The van der Waals surface area contributed by atoms with Crippen LogP contribution in [0.1, 0.15) is 15.5 Å². The fraction of sp³-hybridized carbons (Fsp3) is 0.0909. The molecule has 1 aromatic carbocycles. The molecule has 2 aromatic rings. The molecule has 0 fully saturated rings. The molecule has 5 heteroatoms. The van der Waals surface area contributed by atoms with Crippen LogP contribution < -0.4 is 0 Å². The first-order valence-electron chi connectivity index (χ1n) is 4.58. The zero-order valence-electron chi connectivity index (χ0n) is 8.47. The van der Waals surface area contributed by atoms with E-state index in [1.165, 1.54) is 23.5 Å². The molecule has 0 aliphatic heterocycles. The van der Waals surface area contributed by atoms with Crippen LogP contribution in [-0.4, -0.2) is 21.2 Å².